The second kappa shape index (κ2) is 7.59. The molecule has 3 rings (SSSR count). The number of ether oxygens (including phenoxy) is 2. The van der Waals surface area contributed by atoms with Crippen molar-refractivity contribution >= 4 is 5.91 Å². The average molecular weight is 329 g/mol. The molecule has 24 heavy (non-hydrogen) atoms. The topological polar surface area (TPSA) is 67.5 Å². The lowest BCUT2D eigenvalue weighted by atomic mass is 10.0. The predicted octanol–water partition coefficient (Wildman–Crippen LogP) is 2.14. The Morgan fingerprint density at radius 3 is 2.88 bits per heavy atom. The Balaban J connectivity index is 1.63. The van der Waals surface area contributed by atoms with E-state index in [1.165, 1.54) is 0 Å². The van der Waals surface area contributed by atoms with Gasteiger partial charge in [0, 0.05) is 17.8 Å². The Morgan fingerprint density at radius 2 is 2.17 bits per heavy atom. The van der Waals surface area contributed by atoms with Gasteiger partial charge >= 0.3 is 0 Å². The molecule has 6 nitrogen and oxygen atoms in total. The molecule has 1 atom stereocenters. The number of H-pyrrole nitrogens is 1. The van der Waals surface area contributed by atoms with E-state index in [0.717, 1.165) is 22.5 Å². The summed E-state index contributed by atoms with van der Waals surface area (Å²) in [5.41, 5.74) is 3.99. The number of aryl methyl sites for hydroxylation is 2. The summed E-state index contributed by atoms with van der Waals surface area (Å²) in [4.78, 5) is 14.5. The first-order chi connectivity index (χ1) is 11.7. The van der Waals surface area contributed by atoms with Crippen LogP contribution in [0.15, 0.2) is 30.3 Å². The molecule has 1 aromatic carbocycles. The molecule has 1 aromatic heterocycles. The van der Waals surface area contributed by atoms with Crippen molar-refractivity contribution in [3.8, 4) is 0 Å². The van der Waals surface area contributed by atoms with E-state index >= 15 is 0 Å². The summed E-state index contributed by atoms with van der Waals surface area (Å²) in [7, 11) is 0. The Kier molecular flexibility index (Phi) is 5.27. The number of nitrogens with one attached hydrogen (secondary N) is 1. The summed E-state index contributed by atoms with van der Waals surface area (Å²) in [6.07, 6.45) is 0. The number of hydrogen-bond acceptors (Lipinski definition) is 4. The molecule has 1 saturated heterocycles. The van der Waals surface area contributed by atoms with E-state index in [1.807, 2.05) is 49.1 Å². The minimum atomic E-state index is -0.106. The van der Waals surface area contributed by atoms with Crippen molar-refractivity contribution in [1.82, 2.24) is 15.1 Å². The first-order valence-corrected chi connectivity index (χ1v) is 8.17. The number of amides is 1. The van der Waals surface area contributed by atoms with Crippen LogP contribution in [0.25, 0.3) is 0 Å². The van der Waals surface area contributed by atoms with Gasteiger partial charge in [0.05, 0.1) is 31.6 Å². The van der Waals surface area contributed by atoms with Gasteiger partial charge in [-0.15, -0.1) is 0 Å². The highest BCUT2D eigenvalue weighted by atomic mass is 16.5. The van der Waals surface area contributed by atoms with Gasteiger partial charge in [0.25, 0.3) is 0 Å². The Morgan fingerprint density at radius 1 is 1.38 bits per heavy atom. The molecule has 0 bridgehead atoms. The SMILES string of the molecule is Cc1n[nH]c(C)c1C1COCCN1C(=O)COCc1ccccc1. The van der Waals surface area contributed by atoms with Crippen LogP contribution < -0.4 is 0 Å². The van der Waals surface area contributed by atoms with Gasteiger partial charge in [-0.2, -0.15) is 5.10 Å². The lowest BCUT2D eigenvalue weighted by Crippen LogP contribution is -2.45. The number of benzene rings is 1. The maximum atomic E-state index is 12.6. The van der Waals surface area contributed by atoms with Crippen molar-refractivity contribution < 1.29 is 14.3 Å². The number of morpholine rings is 1. The molecule has 0 radical (unpaired) electrons. The first kappa shape index (κ1) is 16.7. The van der Waals surface area contributed by atoms with Crippen molar-refractivity contribution in [1.29, 1.82) is 0 Å². The molecule has 1 unspecified atom stereocenters. The van der Waals surface area contributed by atoms with Gasteiger partial charge in [-0.05, 0) is 19.4 Å². The zero-order valence-corrected chi connectivity index (χ0v) is 14.1. The molecule has 0 saturated carbocycles. The molecule has 2 heterocycles. The number of aromatic amines is 1. The van der Waals surface area contributed by atoms with E-state index < -0.39 is 0 Å². The van der Waals surface area contributed by atoms with Crippen LogP contribution in [-0.2, 0) is 20.9 Å². The van der Waals surface area contributed by atoms with E-state index in [2.05, 4.69) is 10.2 Å². The van der Waals surface area contributed by atoms with Crippen LogP contribution in [0.2, 0.25) is 0 Å². The van der Waals surface area contributed by atoms with E-state index in [4.69, 9.17) is 9.47 Å². The summed E-state index contributed by atoms with van der Waals surface area (Å²) in [5.74, 6) is -0.0146. The van der Waals surface area contributed by atoms with Gasteiger partial charge in [0.2, 0.25) is 5.91 Å². The van der Waals surface area contributed by atoms with Crippen LogP contribution in [0.3, 0.4) is 0 Å². The molecular weight excluding hydrogens is 306 g/mol. The number of hydrogen-bond donors (Lipinski definition) is 1. The van der Waals surface area contributed by atoms with E-state index in [-0.39, 0.29) is 18.6 Å². The van der Waals surface area contributed by atoms with E-state index in [1.54, 1.807) is 0 Å². The van der Waals surface area contributed by atoms with Gasteiger partial charge in [-0.25, -0.2) is 0 Å². The van der Waals surface area contributed by atoms with Crippen LogP contribution in [0, 0.1) is 13.8 Å². The number of carbonyl (C=O) groups excluding carboxylic acids is 1. The van der Waals surface area contributed by atoms with Crippen LogP contribution in [0.5, 0.6) is 0 Å². The molecule has 128 valence electrons. The summed E-state index contributed by atoms with van der Waals surface area (Å²) in [6.45, 7) is 6.04. The van der Waals surface area contributed by atoms with Crippen LogP contribution in [0.4, 0.5) is 0 Å². The number of aromatic nitrogens is 2. The molecule has 1 aliphatic heterocycles. The van der Waals surface area contributed by atoms with E-state index in [9.17, 15) is 4.79 Å². The van der Waals surface area contributed by atoms with Crippen molar-refractivity contribution in [2.45, 2.75) is 26.5 Å². The smallest absolute Gasteiger partial charge is 0.249 e. The minimum absolute atomic E-state index is 0.0146. The number of nitrogens with zero attached hydrogens (tertiary/aromatic N) is 2. The Bertz CT molecular complexity index is 665. The predicted molar refractivity (Wildman–Crippen MR) is 89.4 cm³/mol. The van der Waals surface area contributed by atoms with Crippen LogP contribution in [0.1, 0.15) is 28.6 Å². The van der Waals surface area contributed by atoms with Gasteiger partial charge < -0.3 is 14.4 Å². The zero-order valence-electron chi connectivity index (χ0n) is 14.1. The van der Waals surface area contributed by atoms with Crippen LogP contribution in [-0.4, -0.2) is 47.4 Å². The van der Waals surface area contributed by atoms with Gasteiger partial charge in [-0.3, -0.25) is 9.89 Å². The number of rotatable bonds is 5. The van der Waals surface area contributed by atoms with Crippen LogP contribution >= 0.6 is 0 Å². The third kappa shape index (κ3) is 3.66. The lowest BCUT2D eigenvalue weighted by molar-refractivity contribution is -0.145. The number of carbonyl (C=O) groups is 1. The molecule has 0 spiro atoms. The van der Waals surface area contributed by atoms with Gasteiger partial charge in [0.1, 0.15) is 6.61 Å². The Hall–Kier alpha value is -2.18. The van der Waals surface area contributed by atoms with Crippen molar-refractivity contribution in [2.75, 3.05) is 26.4 Å². The summed E-state index contributed by atoms with van der Waals surface area (Å²) >= 11 is 0. The highest BCUT2D eigenvalue weighted by molar-refractivity contribution is 5.78. The third-order valence-corrected chi connectivity index (χ3v) is 4.30. The molecule has 1 aliphatic rings. The largest absolute Gasteiger partial charge is 0.377 e. The fourth-order valence-electron chi connectivity index (χ4n) is 3.11. The summed E-state index contributed by atoms with van der Waals surface area (Å²) in [5, 5.41) is 7.22. The van der Waals surface area contributed by atoms with Crippen molar-refractivity contribution in [2.24, 2.45) is 0 Å². The van der Waals surface area contributed by atoms with Crippen molar-refractivity contribution in [3.05, 3.63) is 52.8 Å². The fourth-order valence-corrected chi connectivity index (χ4v) is 3.11. The third-order valence-electron chi connectivity index (χ3n) is 4.30. The monoisotopic (exact) mass is 329 g/mol. The van der Waals surface area contributed by atoms with Gasteiger partial charge in [0.15, 0.2) is 0 Å². The Labute approximate surface area is 141 Å². The molecule has 1 N–H and O–H groups in total. The highest BCUT2D eigenvalue weighted by Crippen LogP contribution is 2.28. The molecule has 0 aliphatic carbocycles. The molecule has 1 amide bonds. The second-order valence-corrected chi connectivity index (χ2v) is 6.00. The molecular formula is C18H23N3O3. The summed E-state index contributed by atoms with van der Waals surface area (Å²) in [6, 6.07) is 9.75. The summed E-state index contributed by atoms with van der Waals surface area (Å²) < 4.78 is 11.2. The minimum Gasteiger partial charge on any atom is -0.377 e. The zero-order chi connectivity index (χ0) is 16.9. The standard InChI is InChI=1S/C18H23N3O3/c1-13-18(14(2)20-19-13)16-11-23-9-8-21(16)17(22)12-24-10-15-6-4-3-5-7-15/h3-7,16H,8-12H2,1-2H3,(H,19,20). The van der Waals surface area contributed by atoms with Gasteiger partial charge in [-0.1, -0.05) is 30.3 Å². The van der Waals surface area contributed by atoms with E-state index in [0.29, 0.717) is 26.4 Å². The maximum absolute atomic E-state index is 12.6. The highest BCUT2D eigenvalue weighted by Gasteiger charge is 2.31. The average Bonchev–Trinajstić information content (AvgIpc) is 2.94. The maximum Gasteiger partial charge on any atom is 0.249 e. The van der Waals surface area contributed by atoms with Crippen molar-refractivity contribution in [3.63, 3.8) is 0 Å². The lowest BCUT2D eigenvalue weighted by Gasteiger charge is -2.36. The second-order valence-electron chi connectivity index (χ2n) is 6.00. The normalized spacial score (nSPS) is 17.9. The molecule has 2 aromatic rings. The first-order valence-electron chi connectivity index (χ1n) is 8.17. The quantitative estimate of drug-likeness (QED) is 0.913. The molecule has 6 heteroatoms. The fraction of sp³-hybridized carbons (Fsp3) is 0.444. The molecule has 1 fully saturated rings.